The largest absolute Gasteiger partial charge is 0.339 e. The molecule has 0 spiro atoms. The first kappa shape index (κ1) is 18.5. The molecule has 0 aromatic heterocycles. The summed E-state index contributed by atoms with van der Waals surface area (Å²) in [4.78, 5) is 14.6. The molecule has 1 amide bonds. The monoisotopic (exact) mass is 372 g/mol. The molecule has 1 saturated carbocycles. The van der Waals surface area contributed by atoms with Crippen LogP contribution in [-0.4, -0.2) is 32.3 Å². The zero-order chi connectivity index (χ0) is 18.6. The van der Waals surface area contributed by atoms with Crippen LogP contribution in [0.2, 0.25) is 0 Å². The van der Waals surface area contributed by atoms with Crippen molar-refractivity contribution in [2.45, 2.75) is 43.0 Å². The summed E-state index contributed by atoms with van der Waals surface area (Å²) in [7, 11) is -1.93. The fraction of sp³-hybridized carbons (Fsp3) is 0.350. The second-order valence-corrected chi connectivity index (χ2v) is 8.39. The lowest BCUT2D eigenvalue weighted by atomic mass is 9.94. The molecule has 1 aliphatic carbocycles. The van der Waals surface area contributed by atoms with E-state index in [9.17, 15) is 13.2 Å². The predicted molar refractivity (Wildman–Crippen MR) is 103 cm³/mol. The molecule has 138 valence electrons. The Hall–Kier alpha value is -2.34. The number of nitrogens with zero attached hydrogens (tertiary/aromatic N) is 1. The highest BCUT2D eigenvalue weighted by molar-refractivity contribution is 7.92. The van der Waals surface area contributed by atoms with E-state index in [1.807, 2.05) is 13.1 Å². The second-order valence-electron chi connectivity index (χ2n) is 6.71. The zero-order valence-corrected chi connectivity index (χ0v) is 15.7. The van der Waals surface area contributed by atoms with Crippen molar-refractivity contribution in [3.63, 3.8) is 0 Å². The topological polar surface area (TPSA) is 66.5 Å². The summed E-state index contributed by atoms with van der Waals surface area (Å²) in [6, 6.07) is 15.2. The highest BCUT2D eigenvalue weighted by Gasteiger charge is 2.24. The molecule has 0 atom stereocenters. The molecule has 0 saturated heterocycles. The fourth-order valence-corrected chi connectivity index (χ4v) is 4.46. The predicted octanol–water partition coefficient (Wildman–Crippen LogP) is 3.89. The first-order chi connectivity index (χ1) is 12.5. The van der Waals surface area contributed by atoms with Crippen LogP contribution in [-0.2, 0) is 10.0 Å². The molecule has 2 aromatic carbocycles. The normalized spacial score (nSPS) is 15.4. The minimum atomic E-state index is -3.74. The average Bonchev–Trinajstić information content (AvgIpc) is 2.68. The van der Waals surface area contributed by atoms with E-state index in [0.717, 1.165) is 25.7 Å². The molecule has 0 heterocycles. The molecule has 1 fully saturated rings. The quantitative estimate of drug-likeness (QED) is 0.866. The summed E-state index contributed by atoms with van der Waals surface area (Å²) in [6.45, 7) is 0. The standard InChI is InChI=1S/C20H24N2O3S/c1-22(18-12-6-3-7-13-18)20(23)16-9-8-14-19(15-16)26(24,25)21-17-10-4-2-5-11-17/h2,4-5,8-11,14-15,18,21H,3,6-7,12-13H2,1H3. The lowest BCUT2D eigenvalue weighted by molar-refractivity contribution is 0.0696. The summed E-state index contributed by atoms with van der Waals surface area (Å²) >= 11 is 0. The molecule has 6 heteroatoms. The van der Waals surface area contributed by atoms with Crippen LogP contribution in [0.15, 0.2) is 59.5 Å². The van der Waals surface area contributed by atoms with Gasteiger partial charge in [0.25, 0.3) is 15.9 Å². The van der Waals surface area contributed by atoms with Gasteiger partial charge in [0.05, 0.1) is 4.90 Å². The summed E-state index contributed by atoms with van der Waals surface area (Å²) in [6.07, 6.45) is 5.51. The maximum Gasteiger partial charge on any atom is 0.261 e. The Labute approximate surface area is 155 Å². The van der Waals surface area contributed by atoms with Crippen LogP contribution in [0.25, 0.3) is 0 Å². The van der Waals surface area contributed by atoms with E-state index in [2.05, 4.69) is 4.72 Å². The molecule has 0 bridgehead atoms. The van der Waals surface area contributed by atoms with E-state index in [4.69, 9.17) is 0 Å². The number of hydrogen-bond donors (Lipinski definition) is 1. The van der Waals surface area contributed by atoms with Gasteiger partial charge in [-0.2, -0.15) is 0 Å². The van der Waals surface area contributed by atoms with Gasteiger partial charge in [0.1, 0.15) is 0 Å². The van der Waals surface area contributed by atoms with Crippen LogP contribution in [0.4, 0.5) is 5.69 Å². The number of nitrogens with one attached hydrogen (secondary N) is 1. The Balaban J connectivity index is 1.80. The van der Waals surface area contributed by atoms with Crippen molar-refractivity contribution in [1.82, 2.24) is 4.90 Å². The Morgan fingerprint density at radius 1 is 1.00 bits per heavy atom. The minimum absolute atomic E-state index is 0.0873. The van der Waals surface area contributed by atoms with Gasteiger partial charge in [0, 0.05) is 24.3 Å². The number of hydrogen-bond acceptors (Lipinski definition) is 3. The molecule has 1 N–H and O–H groups in total. The number of rotatable bonds is 5. The number of benzene rings is 2. The van der Waals surface area contributed by atoms with E-state index >= 15 is 0 Å². The maximum absolute atomic E-state index is 12.8. The van der Waals surface area contributed by atoms with Gasteiger partial charge in [0.2, 0.25) is 0 Å². The molecule has 0 aliphatic heterocycles. The van der Waals surface area contributed by atoms with Crippen LogP contribution in [0.1, 0.15) is 42.5 Å². The van der Waals surface area contributed by atoms with Crippen LogP contribution in [0.3, 0.4) is 0 Å². The van der Waals surface area contributed by atoms with Gasteiger partial charge < -0.3 is 4.90 Å². The van der Waals surface area contributed by atoms with Crippen molar-refractivity contribution in [1.29, 1.82) is 0 Å². The Morgan fingerprint density at radius 3 is 2.38 bits per heavy atom. The number of anilines is 1. The van der Waals surface area contributed by atoms with Gasteiger partial charge in [-0.15, -0.1) is 0 Å². The summed E-state index contributed by atoms with van der Waals surface area (Å²) in [5, 5.41) is 0. The van der Waals surface area contributed by atoms with Crippen molar-refractivity contribution in [2.24, 2.45) is 0 Å². The number of sulfonamides is 1. The van der Waals surface area contributed by atoms with E-state index < -0.39 is 10.0 Å². The molecule has 5 nitrogen and oxygen atoms in total. The number of carbonyl (C=O) groups excluding carboxylic acids is 1. The summed E-state index contributed by atoms with van der Waals surface area (Å²) in [5.41, 5.74) is 0.887. The van der Waals surface area contributed by atoms with Gasteiger partial charge in [-0.05, 0) is 43.2 Å². The van der Waals surface area contributed by atoms with Gasteiger partial charge in [-0.3, -0.25) is 9.52 Å². The Kier molecular flexibility index (Phi) is 5.61. The molecule has 0 radical (unpaired) electrons. The molecule has 0 unspecified atom stereocenters. The maximum atomic E-state index is 12.8. The molecule has 1 aliphatic rings. The molecular formula is C20H24N2O3S. The van der Waals surface area contributed by atoms with Crippen LogP contribution < -0.4 is 4.72 Å². The SMILES string of the molecule is CN(C(=O)c1cccc(S(=O)(=O)Nc2ccccc2)c1)C1CCCCC1. The van der Waals surface area contributed by atoms with E-state index in [0.29, 0.717) is 11.3 Å². The fourth-order valence-electron chi connectivity index (χ4n) is 3.35. The van der Waals surface area contributed by atoms with Crippen LogP contribution in [0.5, 0.6) is 0 Å². The third kappa shape index (κ3) is 4.25. The first-order valence-corrected chi connectivity index (χ1v) is 10.4. The van der Waals surface area contributed by atoms with Crippen molar-refractivity contribution in [2.75, 3.05) is 11.8 Å². The summed E-state index contributed by atoms with van der Waals surface area (Å²) in [5.74, 6) is -0.131. The Morgan fingerprint density at radius 2 is 1.69 bits per heavy atom. The highest BCUT2D eigenvalue weighted by Crippen LogP contribution is 2.24. The van der Waals surface area contributed by atoms with Gasteiger partial charge in [-0.1, -0.05) is 43.5 Å². The average molecular weight is 372 g/mol. The van der Waals surface area contributed by atoms with Crippen molar-refractivity contribution < 1.29 is 13.2 Å². The first-order valence-electron chi connectivity index (χ1n) is 8.92. The third-order valence-corrected chi connectivity index (χ3v) is 6.24. The van der Waals surface area contributed by atoms with Gasteiger partial charge in [-0.25, -0.2) is 8.42 Å². The van der Waals surface area contributed by atoms with Gasteiger partial charge >= 0.3 is 0 Å². The molecule has 26 heavy (non-hydrogen) atoms. The lowest BCUT2D eigenvalue weighted by Crippen LogP contribution is -2.38. The van der Waals surface area contributed by atoms with Crippen molar-refractivity contribution >= 4 is 21.6 Å². The van der Waals surface area contributed by atoms with Crippen LogP contribution >= 0.6 is 0 Å². The summed E-state index contributed by atoms with van der Waals surface area (Å²) < 4.78 is 27.8. The lowest BCUT2D eigenvalue weighted by Gasteiger charge is -2.31. The van der Waals surface area contributed by atoms with Crippen molar-refractivity contribution in [3.05, 3.63) is 60.2 Å². The number of carbonyl (C=O) groups is 1. The van der Waals surface area contributed by atoms with E-state index in [-0.39, 0.29) is 16.8 Å². The minimum Gasteiger partial charge on any atom is -0.339 e. The molecular weight excluding hydrogens is 348 g/mol. The second kappa shape index (κ2) is 7.91. The van der Waals surface area contributed by atoms with Gasteiger partial charge in [0.15, 0.2) is 0 Å². The molecule has 3 rings (SSSR count). The zero-order valence-electron chi connectivity index (χ0n) is 14.9. The van der Waals surface area contributed by atoms with E-state index in [1.165, 1.54) is 18.6 Å². The Bertz CT molecular complexity index is 860. The third-order valence-electron chi connectivity index (χ3n) is 4.86. The highest BCUT2D eigenvalue weighted by atomic mass is 32.2. The molecule has 2 aromatic rings. The smallest absolute Gasteiger partial charge is 0.261 e. The number of amides is 1. The number of para-hydroxylation sites is 1. The van der Waals surface area contributed by atoms with Crippen LogP contribution in [0, 0.1) is 0 Å². The van der Waals surface area contributed by atoms with Crippen molar-refractivity contribution in [3.8, 4) is 0 Å². The van der Waals surface area contributed by atoms with E-state index in [1.54, 1.807) is 41.3 Å².